The van der Waals surface area contributed by atoms with Gasteiger partial charge in [-0.05, 0) is 48.0 Å². The first kappa shape index (κ1) is 24.9. The Kier molecular flexibility index (Phi) is 6.31. The van der Waals surface area contributed by atoms with Gasteiger partial charge >= 0.3 is 5.97 Å². The number of carboxylic acid groups (broad SMARTS) is 1. The largest absolute Gasteiger partial charge is 0.478 e. The molecule has 0 fully saturated rings. The van der Waals surface area contributed by atoms with Crippen LogP contribution in [0.25, 0.3) is 0 Å². The van der Waals surface area contributed by atoms with Crippen LogP contribution < -0.4 is 5.32 Å². The molecule has 3 heterocycles. The summed E-state index contributed by atoms with van der Waals surface area (Å²) in [6, 6.07) is 15.5. The Hall–Kier alpha value is -4.73. The fraction of sp³-hybridized carbons (Fsp3) is 0.214. The first-order valence-electron chi connectivity index (χ1n) is 12.0. The molecule has 1 aliphatic heterocycles. The smallest absolute Gasteiger partial charge is 0.335 e. The molecule has 0 aliphatic carbocycles. The average Bonchev–Trinajstić information content (AvgIpc) is 3.54. The van der Waals surface area contributed by atoms with Gasteiger partial charge in [-0.1, -0.05) is 32.0 Å². The molecule has 4 aromatic rings. The molecule has 3 N–H and O–H groups in total. The molecule has 38 heavy (non-hydrogen) atoms. The Morgan fingerprint density at radius 2 is 1.87 bits per heavy atom. The number of rotatable bonds is 6. The minimum absolute atomic E-state index is 0.0375. The number of aromatic nitrogens is 3. The Balaban J connectivity index is 1.55. The van der Waals surface area contributed by atoms with E-state index in [1.165, 1.54) is 24.3 Å². The van der Waals surface area contributed by atoms with E-state index in [1.807, 2.05) is 13.8 Å². The van der Waals surface area contributed by atoms with E-state index in [2.05, 4.69) is 15.4 Å². The van der Waals surface area contributed by atoms with Crippen molar-refractivity contribution in [3.8, 4) is 0 Å². The number of anilines is 1. The number of carbonyl (C=O) groups is 3. The fourth-order valence-corrected chi connectivity index (χ4v) is 4.96. The van der Waals surface area contributed by atoms with Gasteiger partial charge in [0.2, 0.25) is 0 Å². The number of carbonyl (C=O) groups excluding carboxylic acids is 2. The average molecular weight is 516 g/mol. The van der Waals surface area contributed by atoms with Crippen LogP contribution >= 0.6 is 0 Å². The Labute approximate surface area is 217 Å². The molecule has 10 heteroatoms. The quantitative estimate of drug-likeness (QED) is 0.354. The number of hydrogen-bond acceptors (Lipinski definition) is 4. The Morgan fingerprint density at radius 1 is 1.11 bits per heavy atom. The third kappa shape index (κ3) is 4.80. The summed E-state index contributed by atoms with van der Waals surface area (Å²) in [6.07, 6.45) is 1.68. The molecule has 0 radical (unpaired) electrons. The van der Waals surface area contributed by atoms with Gasteiger partial charge in [-0.2, -0.15) is 5.10 Å². The molecule has 9 nitrogen and oxygen atoms in total. The second-order valence-corrected chi connectivity index (χ2v) is 9.93. The van der Waals surface area contributed by atoms with Crippen LogP contribution in [0, 0.1) is 5.82 Å². The van der Waals surface area contributed by atoms with Gasteiger partial charge in [0.15, 0.2) is 5.69 Å². The molecule has 0 spiro atoms. The van der Waals surface area contributed by atoms with Crippen LogP contribution in [-0.2, 0) is 18.5 Å². The van der Waals surface area contributed by atoms with Crippen LogP contribution in [0.2, 0.25) is 0 Å². The van der Waals surface area contributed by atoms with Gasteiger partial charge in [0.05, 0.1) is 24.3 Å². The lowest BCUT2D eigenvalue weighted by Crippen LogP contribution is -2.46. The van der Waals surface area contributed by atoms with E-state index >= 15 is 0 Å². The number of H-pyrrole nitrogens is 1. The van der Waals surface area contributed by atoms with E-state index in [0.29, 0.717) is 30.0 Å². The number of benzene rings is 2. The molecule has 2 aromatic heterocycles. The van der Waals surface area contributed by atoms with Crippen molar-refractivity contribution in [2.24, 2.45) is 0 Å². The molecule has 0 saturated carbocycles. The van der Waals surface area contributed by atoms with Crippen molar-refractivity contribution in [3.63, 3.8) is 0 Å². The number of nitrogens with zero attached hydrogens (tertiary/aromatic N) is 3. The monoisotopic (exact) mass is 515 g/mol. The topological polar surface area (TPSA) is 120 Å². The summed E-state index contributed by atoms with van der Waals surface area (Å²) in [4.78, 5) is 42.7. The minimum atomic E-state index is -1.11. The van der Waals surface area contributed by atoms with Crippen LogP contribution in [0.5, 0.6) is 0 Å². The van der Waals surface area contributed by atoms with Crippen LogP contribution in [0.1, 0.15) is 62.0 Å². The van der Waals surface area contributed by atoms with E-state index in [9.17, 15) is 23.9 Å². The number of halogens is 1. The van der Waals surface area contributed by atoms with Crippen molar-refractivity contribution < 1.29 is 23.9 Å². The molecular formula is C28H26FN5O4. The van der Waals surface area contributed by atoms with Crippen molar-refractivity contribution in [1.29, 1.82) is 0 Å². The molecule has 1 aliphatic rings. The van der Waals surface area contributed by atoms with E-state index in [-0.39, 0.29) is 29.5 Å². The van der Waals surface area contributed by atoms with Gasteiger partial charge in [-0.15, -0.1) is 0 Å². The lowest BCUT2D eigenvalue weighted by Gasteiger charge is -2.38. The fourth-order valence-electron chi connectivity index (χ4n) is 4.96. The predicted molar refractivity (Wildman–Crippen MR) is 138 cm³/mol. The Morgan fingerprint density at radius 3 is 2.55 bits per heavy atom. The van der Waals surface area contributed by atoms with Gasteiger partial charge < -0.3 is 20.3 Å². The van der Waals surface area contributed by atoms with E-state index in [4.69, 9.17) is 0 Å². The summed E-state index contributed by atoms with van der Waals surface area (Å²) < 4.78 is 15.2. The van der Waals surface area contributed by atoms with Crippen LogP contribution in [0.15, 0.2) is 66.9 Å². The first-order chi connectivity index (χ1) is 18.1. The maximum absolute atomic E-state index is 13.5. The summed E-state index contributed by atoms with van der Waals surface area (Å²) in [5, 5.41) is 16.7. The number of nitrogens with one attached hydrogen (secondary N) is 2. The van der Waals surface area contributed by atoms with Crippen molar-refractivity contribution in [2.45, 2.75) is 32.4 Å². The van der Waals surface area contributed by atoms with E-state index < -0.39 is 17.3 Å². The maximum atomic E-state index is 13.5. The zero-order valence-corrected chi connectivity index (χ0v) is 20.9. The Bertz CT molecular complexity index is 1520. The van der Waals surface area contributed by atoms with E-state index in [1.54, 1.807) is 52.2 Å². The summed E-state index contributed by atoms with van der Waals surface area (Å²) >= 11 is 0. The molecule has 0 bridgehead atoms. The zero-order chi connectivity index (χ0) is 27.0. The minimum Gasteiger partial charge on any atom is -0.478 e. The molecule has 0 saturated heterocycles. The SMILES string of the molecule is CC1(C)CN(C(=O)c2ccc[nH]2)Cc2c(C(=O)Nc3cccc(C(=O)O)c3)nn(Cc3ccc(F)cc3)c21. The second-order valence-electron chi connectivity index (χ2n) is 9.93. The molecule has 2 amide bonds. The summed E-state index contributed by atoms with van der Waals surface area (Å²) in [5.41, 5.74) is 2.58. The number of aromatic carboxylic acids is 1. The van der Waals surface area contributed by atoms with Crippen molar-refractivity contribution in [1.82, 2.24) is 19.7 Å². The van der Waals surface area contributed by atoms with Crippen molar-refractivity contribution in [3.05, 3.63) is 106 Å². The highest BCUT2D eigenvalue weighted by molar-refractivity contribution is 6.05. The molecule has 2 aromatic carbocycles. The lowest BCUT2D eigenvalue weighted by molar-refractivity contribution is 0.0672. The highest BCUT2D eigenvalue weighted by Crippen LogP contribution is 2.36. The summed E-state index contributed by atoms with van der Waals surface area (Å²) in [5.74, 6) is -2.17. The predicted octanol–water partition coefficient (Wildman–Crippen LogP) is 4.28. The van der Waals surface area contributed by atoms with Crippen LogP contribution in [0.4, 0.5) is 10.1 Å². The highest BCUT2D eigenvalue weighted by atomic mass is 19.1. The van der Waals surface area contributed by atoms with Gasteiger partial charge in [0.1, 0.15) is 11.5 Å². The number of carboxylic acids is 1. The van der Waals surface area contributed by atoms with Gasteiger partial charge in [-0.25, -0.2) is 9.18 Å². The summed E-state index contributed by atoms with van der Waals surface area (Å²) in [7, 11) is 0. The summed E-state index contributed by atoms with van der Waals surface area (Å²) in [6.45, 7) is 4.84. The number of aromatic amines is 1. The molecule has 0 unspecified atom stereocenters. The third-order valence-electron chi connectivity index (χ3n) is 6.57. The number of hydrogen-bond donors (Lipinski definition) is 3. The first-order valence-corrected chi connectivity index (χ1v) is 12.0. The lowest BCUT2D eigenvalue weighted by atomic mass is 9.82. The molecule has 0 atom stereocenters. The standard InChI is InChI=1S/C28H26FN5O4/c1-28(2)16-33(26(36)22-7-4-12-30-22)15-21-23(25(35)31-20-6-3-5-18(13-20)27(37)38)32-34(24(21)28)14-17-8-10-19(29)11-9-17/h3-13,30H,14-16H2,1-2H3,(H,31,35)(H,37,38). The highest BCUT2D eigenvalue weighted by Gasteiger charge is 2.41. The van der Waals surface area contributed by atoms with Crippen molar-refractivity contribution >= 4 is 23.5 Å². The normalized spacial score (nSPS) is 14.1. The maximum Gasteiger partial charge on any atom is 0.335 e. The second kappa shape index (κ2) is 9.62. The van der Waals surface area contributed by atoms with E-state index in [0.717, 1.165) is 11.3 Å². The number of amides is 2. The number of fused-ring (bicyclic) bond motifs is 1. The van der Waals surface area contributed by atoms with Gasteiger partial charge in [-0.3, -0.25) is 14.3 Å². The molecule has 194 valence electrons. The van der Waals surface area contributed by atoms with Gasteiger partial charge in [0.25, 0.3) is 11.8 Å². The molecular weight excluding hydrogens is 489 g/mol. The van der Waals surface area contributed by atoms with Crippen LogP contribution in [0.3, 0.4) is 0 Å². The van der Waals surface area contributed by atoms with Crippen LogP contribution in [-0.4, -0.2) is 49.1 Å². The zero-order valence-electron chi connectivity index (χ0n) is 20.9. The van der Waals surface area contributed by atoms with Crippen molar-refractivity contribution in [2.75, 3.05) is 11.9 Å². The third-order valence-corrected chi connectivity index (χ3v) is 6.57. The molecule has 5 rings (SSSR count). The van der Waals surface area contributed by atoms with Gasteiger partial charge in [0, 0.05) is 29.4 Å².